The van der Waals surface area contributed by atoms with Gasteiger partial charge in [-0.3, -0.25) is 9.79 Å². The molecule has 0 aromatic heterocycles. The summed E-state index contributed by atoms with van der Waals surface area (Å²) in [5.74, 6) is 0.759. The fourth-order valence-electron chi connectivity index (χ4n) is 3.62. The molecule has 0 saturated carbocycles. The van der Waals surface area contributed by atoms with Crippen molar-refractivity contribution >= 4 is 18.0 Å². The zero-order chi connectivity index (χ0) is 19.9. The minimum Gasteiger partial charge on any atom is -0.450 e. The van der Waals surface area contributed by atoms with Gasteiger partial charge in [-0.15, -0.1) is 0 Å². The smallest absolute Gasteiger partial charge is 0.409 e. The van der Waals surface area contributed by atoms with Gasteiger partial charge in [0.15, 0.2) is 5.96 Å². The molecule has 2 aliphatic heterocycles. The van der Waals surface area contributed by atoms with E-state index in [1.165, 1.54) is 11.1 Å². The number of benzene rings is 1. The molecule has 0 bridgehead atoms. The summed E-state index contributed by atoms with van der Waals surface area (Å²) >= 11 is 0. The minimum atomic E-state index is -0.273. The van der Waals surface area contributed by atoms with Crippen LogP contribution in [-0.4, -0.2) is 85.6 Å². The first kappa shape index (κ1) is 20.0. The van der Waals surface area contributed by atoms with Crippen LogP contribution in [0.2, 0.25) is 0 Å². The highest BCUT2D eigenvalue weighted by molar-refractivity contribution is 5.86. The number of hydrogen-bond donors (Lipinski definition) is 1. The van der Waals surface area contributed by atoms with Gasteiger partial charge in [-0.05, 0) is 24.5 Å². The van der Waals surface area contributed by atoms with Crippen LogP contribution >= 0.6 is 0 Å². The van der Waals surface area contributed by atoms with Crippen molar-refractivity contribution < 1.29 is 14.3 Å². The van der Waals surface area contributed by atoms with Crippen molar-refractivity contribution in [2.75, 3.05) is 52.9 Å². The Morgan fingerprint density at radius 1 is 1.04 bits per heavy atom. The van der Waals surface area contributed by atoms with E-state index in [2.05, 4.69) is 27.3 Å². The number of amides is 2. The topological polar surface area (TPSA) is 77.5 Å². The van der Waals surface area contributed by atoms with Gasteiger partial charge in [0.05, 0.1) is 13.2 Å². The fraction of sp³-hybridized carbons (Fsp3) is 0.550. The summed E-state index contributed by atoms with van der Waals surface area (Å²) in [4.78, 5) is 34.4. The van der Waals surface area contributed by atoms with Crippen molar-refractivity contribution in [1.82, 2.24) is 20.0 Å². The molecule has 0 unspecified atom stereocenters. The largest absolute Gasteiger partial charge is 0.450 e. The molecule has 0 spiro atoms. The number of carbonyl (C=O) groups is 2. The van der Waals surface area contributed by atoms with E-state index in [1.54, 1.807) is 18.9 Å². The molecule has 1 aromatic carbocycles. The van der Waals surface area contributed by atoms with Crippen molar-refractivity contribution in [3.05, 3.63) is 35.4 Å². The molecule has 2 heterocycles. The average Bonchev–Trinajstić information content (AvgIpc) is 2.74. The molecule has 28 heavy (non-hydrogen) atoms. The third-order valence-corrected chi connectivity index (χ3v) is 5.20. The number of fused-ring (bicyclic) bond motifs is 1. The Kier molecular flexibility index (Phi) is 6.73. The zero-order valence-corrected chi connectivity index (χ0v) is 16.7. The lowest BCUT2D eigenvalue weighted by Gasteiger charge is -2.36. The normalized spacial score (nSPS) is 17.2. The Balaban J connectivity index is 1.47. The lowest BCUT2D eigenvalue weighted by molar-refractivity contribution is -0.130. The molecule has 1 N–H and O–H groups in total. The molecule has 1 saturated heterocycles. The van der Waals surface area contributed by atoms with Crippen LogP contribution in [0.5, 0.6) is 0 Å². The summed E-state index contributed by atoms with van der Waals surface area (Å²) in [6.45, 7) is 6.28. The van der Waals surface area contributed by atoms with E-state index in [0.717, 1.165) is 13.0 Å². The molecular weight excluding hydrogens is 358 g/mol. The summed E-state index contributed by atoms with van der Waals surface area (Å²) in [7, 11) is 1.71. The Morgan fingerprint density at radius 2 is 1.71 bits per heavy atom. The Hall–Kier alpha value is -2.77. The fourth-order valence-corrected chi connectivity index (χ4v) is 3.62. The van der Waals surface area contributed by atoms with E-state index in [0.29, 0.717) is 45.3 Å². The molecule has 0 radical (unpaired) electrons. The van der Waals surface area contributed by atoms with E-state index < -0.39 is 0 Å². The van der Waals surface area contributed by atoms with Crippen molar-refractivity contribution in [3.8, 4) is 0 Å². The number of guanidine groups is 1. The maximum atomic E-state index is 12.6. The van der Waals surface area contributed by atoms with Gasteiger partial charge in [0.25, 0.3) is 0 Å². The van der Waals surface area contributed by atoms with E-state index in [4.69, 9.17) is 4.74 Å². The highest BCUT2D eigenvalue weighted by atomic mass is 16.6. The second-order valence-corrected chi connectivity index (χ2v) is 6.91. The van der Waals surface area contributed by atoms with Crippen LogP contribution in [0.1, 0.15) is 18.1 Å². The van der Waals surface area contributed by atoms with E-state index in [9.17, 15) is 9.59 Å². The maximum absolute atomic E-state index is 12.6. The highest BCUT2D eigenvalue weighted by Gasteiger charge is 2.25. The molecular formula is C20H29N5O3. The van der Waals surface area contributed by atoms with Crippen molar-refractivity contribution in [3.63, 3.8) is 0 Å². The van der Waals surface area contributed by atoms with Gasteiger partial charge < -0.3 is 24.8 Å². The molecule has 8 heteroatoms. The third kappa shape index (κ3) is 4.74. The number of hydrogen-bond acceptors (Lipinski definition) is 4. The predicted octanol–water partition coefficient (Wildman–Crippen LogP) is 0.921. The first-order valence-corrected chi connectivity index (χ1v) is 9.84. The third-order valence-electron chi connectivity index (χ3n) is 5.20. The first-order chi connectivity index (χ1) is 13.6. The minimum absolute atomic E-state index is 0.0702. The number of nitrogens with zero attached hydrogens (tertiary/aromatic N) is 4. The van der Waals surface area contributed by atoms with Gasteiger partial charge in [-0.2, -0.15) is 0 Å². The van der Waals surface area contributed by atoms with Crippen LogP contribution in [-0.2, 0) is 22.5 Å². The number of ether oxygens (including phenoxy) is 1. The molecule has 2 aliphatic rings. The van der Waals surface area contributed by atoms with Crippen LogP contribution in [0, 0.1) is 0 Å². The molecule has 1 fully saturated rings. The second-order valence-electron chi connectivity index (χ2n) is 6.91. The molecule has 152 valence electrons. The summed E-state index contributed by atoms with van der Waals surface area (Å²) in [5, 5.41) is 3.18. The lowest BCUT2D eigenvalue weighted by Crippen LogP contribution is -2.55. The summed E-state index contributed by atoms with van der Waals surface area (Å²) in [6.07, 6.45) is 0.623. The van der Waals surface area contributed by atoms with E-state index in [-0.39, 0.29) is 18.5 Å². The highest BCUT2D eigenvalue weighted by Crippen LogP contribution is 2.18. The average molecular weight is 387 g/mol. The predicted molar refractivity (Wildman–Crippen MR) is 107 cm³/mol. The molecule has 1 aromatic rings. The summed E-state index contributed by atoms with van der Waals surface area (Å²) in [6, 6.07) is 8.28. The quantitative estimate of drug-likeness (QED) is 0.617. The van der Waals surface area contributed by atoms with Gasteiger partial charge in [0.2, 0.25) is 5.91 Å². The van der Waals surface area contributed by atoms with Crippen LogP contribution < -0.4 is 5.32 Å². The molecule has 8 nitrogen and oxygen atoms in total. The number of aliphatic imine (C=N–C) groups is 1. The number of carbonyl (C=O) groups excluding carboxylic acids is 2. The van der Waals surface area contributed by atoms with E-state index in [1.807, 2.05) is 17.0 Å². The molecule has 0 aliphatic carbocycles. The van der Waals surface area contributed by atoms with Crippen molar-refractivity contribution in [2.24, 2.45) is 4.99 Å². The number of nitrogens with one attached hydrogen (secondary N) is 1. The second kappa shape index (κ2) is 9.43. The Morgan fingerprint density at radius 3 is 2.39 bits per heavy atom. The molecule has 2 amide bonds. The van der Waals surface area contributed by atoms with Crippen LogP contribution in [0.25, 0.3) is 0 Å². The number of piperazine rings is 1. The summed E-state index contributed by atoms with van der Waals surface area (Å²) < 4.78 is 5.05. The van der Waals surface area contributed by atoms with Gasteiger partial charge in [-0.1, -0.05) is 24.3 Å². The monoisotopic (exact) mass is 387 g/mol. The van der Waals surface area contributed by atoms with Crippen molar-refractivity contribution in [1.29, 1.82) is 0 Å². The van der Waals surface area contributed by atoms with Gasteiger partial charge >= 0.3 is 6.09 Å². The lowest BCUT2D eigenvalue weighted by atomic mass is 10.00. The van der Waals surface area contributed by atoms with Crippen LogP contribution in [0.15, 0.2) is 29.3 Å². The van der Waals surface area contributed by atoms with Gasteiger partial charge in [-0.25, -0.2) is 4.79 Å². The maximum Gasteiger partial charge on any atom is 0.409 e. The standard InChI is InChI=1S/C20H29N5O3/c1-3-28-20(27)24-12-10-23(11-13-24)19(21-2)22-14-18(26)25-9-8-16-6-4-5-7-17(16)15-25/h4-7H,3,8-15H2,1-2H3,(H,21,22). The van der Waals surface area contributed by atoms with Crippen LogP contribution in [0.3, 0.4) is 0 Å². The number of rotatable bonds is 3. The van der Waals surface area contributed by atoms with Crippen LogP contribution in [0.4, 0.5) is 4.79 Å². The SMILES string of the molecule is CCOC(=O)N1CCN(C(=NC)NCC(=O)N2CCc3ccccc3C2)CC1. The first-order valence-electron chi connectivity index (χ1n) is 9.84. The zero-order valence-electron chi connectivity index (χ0n) is 16.7. The van der Waals surface area contributed by atoms with E-state index >= 15 is 0 Å². The molecule has 0 atom stereocenters. The summed E-state index contributed by atoms with van der Waals surface area (Å²) in [5.41, 5.74) is 2.55. The Bertz CT molecular complexity index is 728. The molecule has 3 rings (SSSR count). The Labute approximate surface area is 166 Å². The van der Waals surface area contributed by atoms with Crippen molar-refractivity contribution in [2.45, 2.75) is 19.9 Å². The van der Waals surface area contributed by atoms with Gasteiger partial charge in [0, 0.05) is 46.3 Å². The van der Waals surface area contributed by atoms with Gasteiger partial charge in [0.1, 0.15) is 0 Å².